The van der Waals surface area contributed by atoms with Crippen LogP contribution in [-0.4, -0.2) is 60.9 Å². The van der Waals surface area contributed by atoms with Crippen LogP contribution in [0.15, 0.2) is 53.5 Å². The highest BCUT2D eigenvalue weighted by molar-refractivity contribution is 6.34. The molecule has 0 aliphatic carbocycles. The molecule has 2 aliphatic rings. The van der Waals surface area contributed by atoms with Gasteiger partial charge in [-0.15, -0.1) is 0 Å². The van der Waals surface area contributed by atoms with E-state index < -0.39 is 0 Å². The van der Waals surface area contributed by atoms with E-state index in [0.29, 0.717) is 61.5 Å². The van der Waals surface area contributed by atoms with Crippen molar-refractivity contribution in [2.24, 2.45) is 4.99 Å². The van der Waals surface area contributed by atoms with Gasteiger partial charge in [-0.05, 0) is 24.3 Å². The number of halogens is 2. The highest BCUT2D eigenvalue weighted by Gasteiger charge is 2.31. The van der Waals surface area contributed by atoms with E-state index >= 15 is 0 Å². The molecule has 2 aromatic rings. The molecule has 140 valence electrons. The molecule has 1 amide bonds. The molecule has 0 spiro atoms. The second-order valence-corrected chi connectivity index (χ2v) is 6.95. The van der Waals surface area contributed by atoms with Crippen LogP contribution in [0.4, 0.5) is 10.1 Å². The number of aliphatic imine (C=N–C) groups is 1. The van der Waals surface area contributed by atoms with Crippen LogP contribution in [0.5, 0.6) is 0 Å². The average Bonchev–Trinajstić information content (AvgIpc) is 3.18. The Morgan fingerprint density at radius 3 is 2.33 bits per heavy atom. The fourth-order valence-corrected chi connectivity index (χ4v) is 3.75. The molecule has 1 saturated heterocycles. The van der Waals surface area contributed by atoms with Crippen LogP contribution in [0.1, 0.15) is 10.4 Å². The van der Waals surface area contributed by atoms with Gasteiger partial charge in [0.25, 0.3) is 5.91 Å². The van der Waals surface area contributed by atoms with E-state index in [1.807, 2.05) is 11.0 Å². The zero-order valence-electron chi connectivity index (χ0n) is 14.8. The normalized spacial score (nSPS) is 17.3. The Bertz CT molecular complexity index is 880. The molecule has 2 aromatic carbocycles. The number of anilines is 1. The zero-order chi connectivity index (χ0) is 18.8. The van der Waals surface area contributed by atoms with Gasteiger partial charge in [0.2, 0.25) is 5.96 Å². The first kappa shape index (κ1) is 17.8. The van der Waals surface area contributed by atoms with Crippen LogP contribution in [-0.2, 0) is 0 Å². The summed E-state index contributed by atoms with van der Waals surface area (Å²) >= 11 is 6.19. The van der Waals surface area contributed by atoms with Crippen molar-refractivity contribution < 1.29 is 9.18 Å². The van der Waals surface area contributed by atoms with Crippen molar-refractivity contribution in [1.82, 2.24) is 9.80 Å². The summed E-state index contributed by atoms with van der Waals surface area (Å²) in [7, 11) is 0. The molecule has 0 bridgehead atoms. The van der Waals surface area contributed by atoms with Crippen LogP contribution in [0, 0.1) is 5.82 Å². The molecule has 0 unspecified atom stereocenters. The van der Waals surface area contributed by atoms with Crippen molar-refractivity contribution in [2.75, 3.05) is 44.2 Å². The lowest BCUT2D eigenvalue weighted by Gasteiger charge is -2.38. The number of para-hydroxylation sites is 1. The van der Waals surface area contributed by atoms with Crippen molar-refractivity contribution in [1.29, 1.82) is 0 Å². The number of carbonyl (C=O) groups is 1. The largest absolute Gasteiger partial charge is 0.366 e. The number of carbonyl (C=O) groups excluding carboxylic acids is 1. The Balaban J connectivity index is 1.46. The van der Waals surface area contributed by atoms with Crippen molar-refractivity contribution in [3.8, 4) is 0 Å². The van der Waals surface area contributed by atoms with E-state index in [1.54, 1.807) is 41.3 Å². The number of benzene rings is 2. The summed E-state index contributed by atoms with van der Waals surface area (Å²) in [6.45, 7) is 3.84. The van der Waals surface area contributed by atoms with Crippen LogP contribution >= 0.6 is 11.6 Å². The molecule has 0 aromatic heterocycles. The summed E-state index contributed by atoms with van der Waals surface area (Å²) in [5, 5.41) is 0.443. The van der Waals surface area contributed by atoms with Gasteiger partial charge in [-0.3, -0.25) is 14.7 Å². The molecule has 27 heavy (non-hydrogen) atoms. The SMILES string of the molecule is O=C(c1ccccc1Cl)N1CCN=C1N1CCN(c2ccccc2F)CC1. The van der Waals surface area contributed by atoms with E-state index in [1.165, 1.54) is 6.07 Å². The number of hydrogen-bond acceptors (Lipinski definition) is 4. The third kappa shape index (κ3) is 3.49. The molecular weight excluding hydrogens is 367 g/mol. The van der Waals surface area contributed by atoms with E-state index in [2.05, 4.69) is 9.89 Å². The summed E-state index contributed by atoms with van der Waals surface area (Å²) in [4.78, 5) is 23.3. The monoisotopic (exact) mass is 386 g/mol. The van der Waals surface area contributed by atoms with Gasteiger partial charge in [0.05, 0.1) is 22.8 Å². The summed E-state index contributed by atoms with van der Waals surface area (Å²) in [5.41, 5.74) is 1.10. The third-order valence-corrected chi connectivity index (χ3v) is 5.25. The molecule has 5 nitrogen and oxygen atoms in total. The predicted molar refractivity (Wildman–Crippen MR) is 105 cm³/mol. The Kier molecular flexibility index (Phi) is 4.99. The van der Waals surface area contributed by atoms with E-state index in [-0.39, 0.29) is 11.7 Å². The zero-order valence-corrected chi connectivity index (χ0v) is 15.6. The first-order chi connectivity index (χ1) is 13.1. The summed E-state index contributed by atoms with van der Waals surface area (Å²) in [6.07, 6.45) is 0. The highest BCUT2D eigenvalue weighted by Crippen LogP contribution is 2.23. The fourth-order valence-electron chi connectivity index (χ4n) is 3.53. The van der Waals surface area contributed by atoms with Gasteiger partial charge >= 0.3 is 0 Å². The topological polar surface area (TPSA) is 39.2 Å². The molecule has 0 N–H and O–H groups in total. The van der Waals surface area contributed by atoms with E-state index in [0.717, 1.165) is 0 Å². The van der Waals surface area contributed by atoms with Gasteiger partial charge in [0, 0.05) is 32.7 Å². The van der Waals surface area contributed by atoms with Crippen LogP contribution in [0.2, 0.25) is 5.02 Å². The van der Waals surface area contributed by atoms with Crippen molar-refractivity contribution in [2.45, 2.75) is 0 Å². The van der Waals surface area contributed by atoms with Crippen molar-refractivity contribution in [3.63, 3.8) is 0 Å². The second kappa shape index (κ2) is 7.56. The highest BCUT2D eigenvalue weighted by atomic mass is 35.5. The van der Waals surface area contributed by atoms with Gasteiger partial charge in [0.15, 0.2) is 0 Å². The van der Waals surface area contributed by atoms with Crippen LogP contribution < -0.4 is 4.90 Å². The average molecular weight is 387 g/mol. The summed E-state index contributed by atoms with van der Waals surface area (Å²) < 4.78 is 14.0. The molecule has 0 radical (unpaired) electrons. The van der Waals surface area contributed by atoms with Gasteiger partial charge < -0.3 is 9.80 Å². The smallest absolute Gasteiger partial charge is 0.262 e. The molecular formula is C20H20ClFN4O. The van der Waals surface area contributed by atoms with Gasteiger partial charge in [0.1, 0.15) is 5.82 Å². The Morgan fingerprint density at radius 1 is 0.926 bits per heavy atom. The standard InChI is InChI=1S/C20H20ClFN4O/c21-16-6-2-1-5-15(16)19(27)26-10-9-23-20(26)25-13-11-24(12-14-25)18-8-4-3-7-17(18)22/h1-8H,9-14H2. The van der Waals surface area contributed by atoms with Crippen molar-refractivity contribution in [3.05, 3.63) is 64.9 Å². The van der Waals surface area contributed by atoms with Crippen molar-refractivity contribution >= 4 is 29.2 Å². The minimum absolute atomic E-state index is 0.131. The molecule has 2 heterocycles. The number of piperazine rings is 1. The van der Waals surface area contributed by atoms with Gasteiger partial charge in [-0.2, -0.15) is 0 Å². The van der Waals surface area contributed by atoms with Gasteiger partial charge in [-0.25, -0.2) is 4.39 Å². The quantitative estimate of drug-likeness (QED) is 0.796. The molecule has 2 aliphatic heterocycles. The van der Waals surface area contributed by atoms with E-state index in [9.17, 15) is 9.18 Å². The minimum Gasteiger partial charge on any atom is -0.366 e. The molecule has 0 atom stereocenters. The fraction of sp³-hybridized carbons (Fsp3) is 0.300. The Hall–Kier alpha value is -2.60. The number of hydrogen-bond donors (Lipinski definition) is 0. The maximum Gasteiger partial charge on any atom is 0.262 e. The second-order valence-electron chi connectivity index (χ2n) is 6.54. The number of nitrogens with zero attached hydrogens (tertiary/aromatic N) is 4. The predicted octanol–water partition coefficient (Wildman–Crippen LogP) is 3.11. The van der Waals surface area contributed by atoms with Crippen LogP contribution in [0.3, 0.4) is 0 Å². The third-order valence-electron chi connectivity index (χ3n) is 4.92. The molecule has 1 fully saturated rings. The maximum absolute atomic E-state index is 14.0. The summed E-state index contributed by atoms with van der Waals surface area (Å²) in [5.74, 6) is 0.348. The van der Waals surface area contributed by atoms with Gasteiger partial charge in [-0.1, -0.05) is 35.9 Å². The Morgan fingerprint density at radius 2 is 1.59 bits per heavy atom. The van der Waals surface area contributed by atoms with Crippen LogP contribution in [0.25, 0.3) is 0 Å². The lowest BCUT2D eigenvalue weighted by atomic mass is 10.2. The molecule has 0 saturated carbocycles. The number of guanidine groups is 1. The molecule has 7 heteroatoms. The first-order valence-electron chi connectivity index (χ1n) is 9.00. The van der Waals surface area contributed by atoms with E-state index in [4.69, 9.17) is 11.6 Å². The maximum atomic E-state index is 14.0. The number of amides is 1. The lowest BCUT2D eigenvalue weighted by molar-refractivity contribution is 0.0843. The number of rotatable bonds is 2. The Labute approximate surface area is 162 Å². The summed E-state index contributed by atoms with van der Waals surface area (Å²) in [6, 6.07) is 13.9. The molecule has 4 rings (SSSR count). The first-order valence-corrected chi connectivity index (χ1v) is 9.38. The minimum atomic E-state index is -0.209. The lowest BCUT2D eigenvalue weighted by Crippen LogP contribution is -2.53.